The second-order valence-corrected chi connectivity index (χ2v) is 7.38. The number of carbonyl (C=O) groups excluding carboxylic acids is 3. The van der Waals surface area contributed by atoms with Crippen molar-refractivity contribution in [2.45, 2.75) is 26.8 Å². The molecule has 0 bridgehead atoms. The van der Waals surface area contributed by atoms with Crippen LogP contribution >= 0.6 is 0 Å². The van der Waals surface area contributed by atoms with Gasteiger partial charge in [0.05, 0.1) is 24.0 Å². The average Bonchev–Trinajstić information content (AvgIpc) is 2.69. The summed E-state index contributed by atoms with van der Waals surface area (Å²) in [6.07, 6.45) is 0. The molecule has 29 heavy (non-hydrogen) atoms. The number of para-hydroxylation sites is 2. The number of nitrogens with one attached hydrogen (secondary N) is 2. The standard InChI is InChI=1S/C22H26N4O3/c1-14-8-7-10-17(15(14)2)23-20(27)12-25(4)16(3)22(29)26-13-21(28)24-18-9-5-6-11-19(18)26/h5-11,16H,12-13H2,1-4H3,(H,23,27)(H,24,28)/t16-/m1/s1. The van der Waals surface area contributed by atoms with Gasteiger partial charge in [0.25, 0.3) is 0 Å². The molecule has 1 heterocycles. The molecule has 0 saturated carbocycles. The van der Waals surface area contributed by atoms with Crippen LogP contribution in [0.5, 0.6) is 0 Å². The zero-order chi connectivity index (χ0) is 21.1. The van der Waals surface area contributed by atoms with E-state index >= 15 is 0 Å². The number of likely N-dealkylation sites (N-methyl/N-ethyl adjacent to an activating group) is 1. The van der Waals surface area contributed by atoms with Crippen LogP contribution in [0, 0.1) is 13.8 Å². The minimum Gasteiger partial charge on any atom is -0.325 e. The topological polar surface area (TPSA) is 81.8 Å². The van der Waals surface area contributed by atoms with Crippen molar-refractivity contribution >= 4 is 34.8 Å². The summed E-state index contributed by atoms with van der Waals surface area (Å²) >= 11 is 0. The van der Waals surface area contributed by atoms with Crippen molar-refractivity contribution < 1.29 is 14.4 Å². The van der Waals surface area contributed by atoms with Gasteiger partial charge in [-0.2, -0.15) is 0 Å². The van der Waals surface area contributed by atoms with E-state index in [1.54, 1.807) is 37.1 Å². The summed E-state index contributed by atoms with van der Waals surface area (Å²) in [6, 6.07) is 12.4. The fourth-order valence-corrected chi connectivity index (χ4v) is 3.28. The molecule has 3 rings (SSSR count). The van der Waals surface area contributed by atoms with Gasteiger partial charge in [-0.05, 0) is 57.1 Å². The zero-order valence-corrected chi connectivity index (χ0v) is 17.2. The molecule has 0 fully saturated rings. The summed E-state index contributed by atoms with van der Waals surface area (Å²) in [5.41, 5.74) is 4.16. The van der Waals surface area contributed by atoms with Gasteiger partial charge in [0, 0.05) is 5.69 Å². The molecule has 1 aliphatic heterocycles. The molecule has 0 spiro atoms. The van der Waals surface area contributed by atoms with Crippen LogP contribution in [0.15, 0.2) is 42.5 Å². The number of rotatable bonds is 5. The molecule has 2 N–H and O–H groups in total. The van der Waals surface area contributed by atoms with Crippen LogP contribution in [-0.4, -0.2) is 48.8 Å². The Balaban J connectivity index is 1.67. The third-order valence-electron chi connectivity index (χ3n) is 5.33. The van der Waals surface area contributed by atoms with Gasteiger partial charge in [-0.15, -0.1) is 0 Å². The number of hydrogen-bond donors (Lipinski definition) is 2. The number of aryl methyl sites for hydroxylation is 1. The summed E-state index contributed by atoms with van der Waals surface area (Å²) in [6.45, 7) is 5.71. The Bertz CT molecular complexity index is 957. The van der Waals surface area contributed by atoms with Crippen LogP contribution in [-0.2, 0) is 14.4 Å². The minimum atomic E-state index is -0.571. The lowest BCUT2D eigenvalue weighted by Crippen LogP contribution is -2.51. The summed E-state index contributed by atoms with van der Waals surface area (Å²) in [5.74, 6) is -0.661. The molecule has 0 saturated heterocycles. The van der Waals surface area contributed by atoms with Crippen LogP contribution < -0.4 is 15.5 Å². The van der Waals surface area contributed by atoms with E-state index in [-0.39, 0.29) is 30.8 Å². The highest BCUT2D eigenvalue weighted by molar-refractivity contribution is 6.11. The number of anilines is 3. The van der Waals surface area contributed by atoms with Crippen molar-refractivity contribution in [3.8, 4) is 0 Å². The monoisotopic (exact) mass is 394 g/mol. The van der Waals surface area contributed by atoms with Crippen LogP contribution in [0.1, 0.15) is 18.1 Å². The molecule has 0 aromatic heterocycles. The number of fused-ring (bicyclic) bond motifs is 1. The van der Waals surface area contributed by atoms with Gasteiger partial charge in [-0.1, -0.05) is 24.3 Å². The first-order chi connectivity index (χ1) is 13.8. The van der Waals surface area contributed by atoms with Gasteiger partial charge >= 0.3 is 0 Å². The van der Waals surface area contributed by atoms with Crippen molar-refractivity contribution in [1.29, 1.82) is 0 Å². The van der Waals surface area contributed by atoms with Gasteiger partial charge in [-0.3, -0.25) is 24.2 Å². The average molecular weight is 394 g/mol. The van der Waals surface area contributed by atoms with Crippen LogP contribution in [0.25, 0.3) is 0 Å². The molecule has 3 amide bonds. The first-order valence-electron chi connectivity index (χ1n) is 9.54. The highest BCUT2D eigenvalue weighted by atomic mass is 16.2. The summed E-state index contributed by atoms with van der Waals surface area (Å²) in [7, 11) is 1.72. The summed E-state index contributed by atoms with van der Waals surface area (Å²) < 4.78 is 0. The number of amides is 3. The van der Waals surface area contributed by atoms with Crippen molar-refractivity contribution in [2.75, 3.05) is 35.7 Å². The Morgan fingerprint density at radius 2 is 1.90 bits per heavy atom. The second-order valence-electron chi connectivity index (χ2n) is 7.38. The van der Waals surface area contributed by atoms with E-state index in [1.807, 2.05) is 38.1 Å². The smallest absolute Gasteiger partial charge is 0.244 e. The van der Waals surface area contributed by atoms with Crippen molar-refractivity contribution in [1.82, 2.24) is 4.90 Å². The van der Waals surface area contributed by atoms with Crippen molar-refractivity contribution in [2.24, 2.45) is 0 Å². The van der Waals surface area contributed by atoms with Gasteiger partial charge < -0.3 is 10.6 Å². The highest BCUT2D eigenvalue weighted by Gasteiger charge is 2.31. The van der Waals surface area contributed by atoms with Crippen LogP contribution in [0.4, 0.5) is 17.1 Å². The summed E-state index contributed by atoms with van der Waals surface area (Å²) in [4.78, 5) is 40.7. The molecule has 7 heteroatoms. The highest BCUT2D eigenvalue weighted by Crippen LogP contribution is 2.29. The van der Waals surface area contributed by atoms with E-state index in [4.69, 9.17) is 0 Å². The molecule has 1 atom stereocenters. The maximum Gasteiger partial charge on any atom is 0.244 e. The SMILES string of the molecule is Cc1cccc(NC(=O)CN(C)[C@H](C)C(=O)N2CC(=O)Nc3ccccc32)c1C. The number of hydrogen-bond acceptors (Lipinski definition) is 4. The molecule has 1 aliphatic rings. The Hall–Kier alpha value is -3.19. The Kier molecular flexibility index (Phi) is 5.98. The van der Waals surface area contributed by atoms with Gasteiger partial charge in [-0.25, -0.2) is 0 Å². The lowest BCUT2D eigenvalue weighted by Gasteiger charge is -2.33. The van der Waals surface area contributed by atoms with E-state index in [0.717, 1.165) is 16.8 Å². The molecule has 0 unspecified atom stereocenters. The molecule has 7 nitrogen and oxygen atoms in total. The summed E-state index contributed by atoms with van der Waals surface area (Å²) in [5, 5.41) is 5.68. The molecule has 152 valence electrons. The molecular weight excluding hydrogens is 368 g/mol. The van der Waals surface area contributed by atoms with E-state index in [2.05, 4.69) is 10.6 Å². The third kappa shape index (κ3) is 4.46. The predicted octanol–water partition coefficient (Wildman–Crippen LogP) is 2.55. The van der Waals surface area contributed by atoms with Gasteiger partial charge in [0.2, 0.25) is 17.7 Å². The van der Waals surface area contributed by atoms with E-state index < -0.39 is 6.04 Å². The Labute approximate surface area is 170 Å². The zero-order valence-electron chi connectivity index (χ0n) is 17.2. The maximum absolute atomic E-state index is 13.1. The second kappa shape index (κ2) is 8.45. The lowest BCUT2D eigenvalue weighted by atomic mass is 10.1. The predicted molar refractivity (Wildman–Crippen MR) is 114 cm³/mol. The fraction of sp³-hybridized carbons (Fsp3) is 0.318. The van der Waals surface area contributed by atoms with E-state index in [0.29, 0.717) is 11.4 Å². The Morgan fingerprint density at radius 1 is 1.17 bits per heavy atom. The molecule has 0 radical (unpaired) electrons. The van der Waals surface area contributed by atoms with Gasteiger partial charge in [0.1, 0.15) is 6.54 Å². The number of carbonyl (C=O) groups is 3. The van der Waals surface area contributed by atoms with E-state index in [9.17, 15) is 14.4 Å². The first kappa shape index (κ1) is 20.5. The largest absolute Gasteiger partial charge is 0.325 e. The van der Waals surface area contributed by atoms with Crippen LogP contribution in [0.2, 0.25) is 0 Å². The van der Waals surface area contributed by atoms with Crippen molar-refractivity contribution in [3.05, 3.63) is 53.6 Å². The quantitative estimate of drug-likeness (QED) is 0.817. The lowest BCUT2D eigenvalue weighted by molar-refractivity contribution is -0.126. The molecular formula is C22H26N4O3. The molecule has 2 aromatic rings. The third-order valence-corrected chi connectivity index (χ3v) is 5.33. The van der Waals surface area contributed by atoms with Crippen LogP contribution in [0.3, 0.4) is 0 Å². The normalized spacial score (nSPS) is 14.2. The first-order valence-corrected chi connectivity index (χ1v) is 9.54. The maximum atomic E-state index is 13.1. The minimum absolute atomic E-state index is 0.0390. The van der Waals surface area contributed by atoms with Crippen molar-refractivity contribution in [3.63, 3.8) is 0 Å². The Morgan fingerprint density at radius 3 is 2.66 bits per heavy atom. The number of nitrogens with zero attached hydrogens (tertiary/aromatic N) is 2. The van der Waals surface area contributed by atoms with E-state index in [1.165, 1.54) is 4.90 Å². The molecule has 0 aliphatic carbocycles. The van der Waals surface area contributed by atoms with Gasteiger partial charge in [0.15, 0.2) is 0 Å². The molecule has 2 aromatic carbocycles. The fourth-order valence-electron chi connectivity index (χ4n) is 3.28. The number of benzene rings is 2.